The molecular weight excluding hydrogens is 420 g/mol. The molecule has 4 heteroatoms. The molecule has 0 N–H and O–H groups in total. The van der Waals surface area contributed by atoms with Crippen LogP contribution in [-0.4, -0.2) is 5.16 Å². The lowest BCUT2D eigenvalue weighted by Crippen LogP contribution is -1.88. The van der Waals surface area contributed by atoms with E-state index in [4.69, 9.17) is 0 Å². The molecule has 162 valence electrons. The Morgan fingerprint density at radius 1 is 0.781 bits per heavy atom. The van der Waals surface area contributed by atoms with Gasteiger partial charge in [0.25, 0.3) is 0 Å². The lowest BCUT2D eigenvalue weighted by molar-refractivity contribution is 0.599. The van der Waals surface area contributed by atoms with Crippen LogP contribution in [0.5, 0.6) is 0 Å². The van der Waals surface area contributed by atoms with E-state index in [-0.39, 0.29) is 11.3 Å². The number of nitrogens with zero attached hydrogens (tertiary/aromatic N) is 1. The van der Waals surface area contributed by atoms with Gasteiger partial charge in [-0.25, -0.2) is 8.78 Å². The monoisotopic (exact) mass is 445 g/mol. The molecule has 0 atom stereocenters. The normalized spacial score (nSPS) is 10.2. The summed E-state index contributed by atoms with van der Waals surface area (Å²) >= 11 is 4.43. The van der Waals surface area contributed by atoms with Crippen LogP contribution in [0.2, 0.25) is 0 Å². The lowest BCUT2D eigenvalue weighted by Gasteiger charge is -2.05. The molecule has 0 aliphatic heterocycles. The summed E-state index contributed by atoms with van der Waals surface area (Å²) in [6.45, 7) is 2.23. The van der Waals surface area contributed by atoms with Gasteiger partial charge in [0.15, 0.2) is 5.82 Å². The van der Waals surface area contributed by atoms with Crippen LogP contribution in [0.4, 0.5) is 14.5 Å². The van der Waals surface area contributed by atoms with Crippen LogP contribution in [-0.2, 0) is 6.42 Å². The van der Waals surface area contributed by atoms with E-state index < -0.39 is 11.6 Å². The van der Waals surface area contributed by atoms with Gasteiger partial charge in [-0.05, 0) is 59.9 Å². The zero-order valence-corrected chi connectivity index (χ0v) is 18.9. The van der Waals surface area contributed by atoms with E-state index in [2.05, 4.69) is 60.2 Å². The maximum absolute atomic E-state index is 14.1. The first-order chi connectivity index (χ1) is 15.6. The highest BCUT2D eigenvalue weighted by Crippen LogP contribution is 2.23. The summed E-state index contributed by atoms with van der Waals surface area (Å²) in [7, 11) is 0. The van der Waals surface area contributed by atoms with Gasteiger partial charge in [0, 0.05) is 11.6 Å². The maximum Gasteiger partial charge on any atom is 0.151 e. The molecule has 3 aromatic carbocycles. The third kappa shape index (κ3) is 6.69. The van der Waals surface area contributed by atoms with Crippen molar-refractivity contribution in [3.63, 3.8) is 0 Å². The average Bonchev–Trinajstić information content (AvgIpc) is 2.81. The summed E-state index contributed by atoms with van der Waals surface area (Å²) in [5.74, 6) is 4.23. The van der Waals surface area contributed by atoms with Crippen molar-refractivity contribution in [1.29, 1.82) is 0 Å². The van der Waals surface area contributed by atoms with Gasteiger partial charge < -0.3 is 0 Å². The van der Waals surface area contributed by atoms with Crippen LogP contribution < -0.4 is 0 Å². The second-order valence-corrected chi connectivity index (χ2v) is 7.86. The summed E-state index contributed by atoms with van der Waals surface area (Å²) < 4.78 is 28.0. The van der Waals surface area contributed by atoms with Crippen molar-refractivity contribution in [3.05, 3.63) is 89.0 Å². The molecule has 0 fully saturated rings. The largest absolute Gasteiger partial charge is 0.206 e. The summed E-state index contributed by atoms with van der Waals surface area (Å²) in [6, 6.07) is 18.4. The molecule has 3 aromatic rings. The smallest absolute Gasteiger partial charge is 0.151 e. The molecule has 0 spiro atoms. The summed E-state index contributed by atoms with van der Waals surface area (Å²) in [4.78, 5) is 3.50. The number of rotatable bonds is 8. The van der Waals surface area contributed by atoms with Gasteiger partial charge in [0.05, 0.1) is 10.7 Å². The Bertz CT molecular complexity index is 1150. The molecule has 0 saturated heterocycles. The second kappa shape index (κ2) is 12.1. The minimum absolute atomic E-state index is 0.0276. The van der Waals surface area contributed by atoms with Gasteiger partial charge in [-0.15, -0.1) is 0 Å². The van der Waals surface area contributed by atoms with Gasteiger partial charge >= 0.3 is 0 Å². The highest BCUT2D eigenvalue weighted by molar-refractivity contribution is 7.78. The number of hydrogen-bond donors (Lipinski definition) is 0. The van der Waals surface area contributed by atoms with Gasteiger partial charge in [-0.3, -0.25) is 0 Å². The van der Waals surface area contributed by atoms with Crippen LogP contribution in [0.15, 0.2) is 65.7 Å². The molecule has 0 saturated carbocycles. The number of benzene rings is 3. The lowest BCUT2D eigenvalue weighted by atomic mass is 10.00. The number of unbranched alkanes of at least 4 members (excludes halogenated alkanes) is 4. The van der Waals surface area contributed by atoms with Gasteiger partial charge in [0.1, 0.15) is 11.5 Å². The SMILES string of the molecule is CCCCCCCc1ccc(-c2ccc(C#Cc3cc(F)c(N=C=S)cc3F)cc2)cc1. The number of halogens is 2. The van der Waals surface area contributed by atoms with Crippen molar-refractivity contribution in [1.82, 2.24) is 0 Å². The van der Waals surface area contributed by atoms with Crippen molar-refractivity contribution >= 4 is 23.1 Å². The summed E-state index contributed by atoms with van der Waals surface area (Å²) in [5.41, 5.74) is 4.10. The number of aryl methyl sites for hydroxylation is 1. The molecule has 0 bridgehead atoms. The topological polar surface area (TPSA) is 12.4 Å². The third-order valence-corrected chi connectivity index (χ3v) is 5.38. The van der Waals surface area contributed by atoms with Gasteiger partial charge in [-0.1, -0.05) is 80.8 Å². The predicted molar refractivity (Wildman–Crippen MR) is 131 cm³/mol. The average molecular weight is 446 g/mol. The van der Waals surface area contributed by atoms with Crippen molar-refractivity contribution in [2.45, 2.75) is 45.4 Å². The number of thiocarbonyl (C=S) groups is 1. The summed E-state index contributed by atoms with van der Waals surface area (Å²) in [5, 5.41) is 2.03. The summed E-state index contributed by atoms with van der Waals surface area (Å²) in [6.07, 6.45) is 7.56. The van der Waals surface area contributed by atoms with Crippen molar-refractivity contribution in [2.75, 3.05) is 0 Å². The van der Waals surface area contributed by atoms with Crippen LogP contribution in [0.3, 0.4) is 0 Å². The Morgan fingerprint density at radius 3 is 2.09 bits per heavy atom. The Hall–Kier alpha value is -3.12. The molecule has 1 nitrogen and oxygen atoms in total. The standard InChI is InChI=1S/C28H25F2NS/c1-2-3-4-5-6-7-21-8-13-23(14-9-21)24-15-10-22(11-16-24)12-17-25-18-27(30)28(31-20-32)19-26(25)29/h8-11,13-16,18-19H,2-7H2,1H3. The second-order valence-electron chi connectivity index (χ2n) is 7.68. The van der Waals surface area contributed by atoms with Crippen LogP contribution in [0.1, 0.15) is 55.7 Å². The van der Waals surface area contributed by atoms with E-state index in [9.17, 15) is 8.78 Å². The van der Waals surface area contributed by atoms with Crippen molar-refractivity contribution in [2.24, 2.45) is 4.99 Å². The zero-order valence-electron chi connectivity index (χ0n) is 18.1. The Morgan fingerprint density at radius 2 is 1.44 bits per heavy atom. The Labute approximate surface area is 194 Å². The first kappa shape index (κ1) is 23.5. The molecule has 32 heavy (non-hydrogen) atoms. The van der Waals surface area contributed by atoms with E-state index in [0.717, 1.165) is 35.2 Å². The van der Waals surface area contributed by atoms with Crippen LogP contribution >= 0.6 is 12.2 Å². The molecule has 0 amide bonds. The van der Waals surface area contributed by atoms with Crippen molar-refractivity contribution in [3.8, 4) is 23.0 Å². The number of isothiocyanates is 1. The minimum atomic E-state index is -0.687. The van der Waals surface area contributed by atoms with Crippen LogP contribution in [0, 0.1) is 23.5 Å². The first-order valence-electron chi connectivity index (χ1n) is 10.9. The molecule has 3 rings (SSSR count). The van der Waals surface area contributed by atoms with E-state index >= 15 is 0 Å². The zero-order chi connectivity index (χ0) is 22.8. The minimum Gasteiger partial charge on any atom is -0.206 e. The number of aliphatic imine (C=N–C) groups is 1. The molecule has 0 aromatic heterocycles. The van der Waals surface area contributed by atoms with E-state index in [1.165, 1.54) is 37.7 Å². The van der Waals surface area contributed by atoms with Crippen molar-refractivity contribution < 1.29 is 8.78 Å². The van der Waals surface area contributed by atoms with E-state index in [0.29, 0.717) is 0 Å². The van der Waals surface area contributed by atoms with Crippen LogP contribution in [0.25, 0.3) is 11.1 Å². The molecular formula is C28H25F2NS. The first-order valence-corrected chi connectivity index (χ1v) is 11.3. The maximum atomic E-state index is 14.1. The highest BCUT2D eigenvalue weighted by Gasteiger charge is 2.07. The molecule has 0 aliphatic rings. The fourth-order valence-electron chi connectivity index (χ4n) is 3.45. The van der Waals surface area contributed by atoms with Gasteiger partial charge in [-0.2, -0.15) is 4.99 Å². The third-order valence-electron chi connectivity index (χ3n) is 5.29. The number of hydrogen-bond acceptors (Lipinski definition) is 2. The predicted octanol–water partition coefficient (Wildman–Crippen LogP) is 8.28. The molecule has 0 aliphatic carbocycles. The van der Waals surface area contributed by atoms with Gasteiger partial charge in [0.2, 0.25) is 0 Å². The molecule has 0 radical (unpaired) electrons. The van der Waals surface area contributed by atoms with E-state index in [1.54, 1.807) is 0 Å². The fourth-order valence-corrected chi connectivity index (χ4v) is 3.55. The Kier molecular flexibility index (Phi) is 8.87. The quantitative estimate of drug-likeness (QED) is 0.147. The highest BCUT2D eigenvalue weighted by atomic mass is 32.1. The molecule has 0 unspecified atom stereocenters. The Balaban J connectivity index is 1.65. The molecule has 0 heterocycles. The van der Waals surface area contributed by atoms with E-state index in [1.807, 2.05) is 29.4 Å². The fraction of sp³-hybridized carbons (Fsp3) is 0.250.